The Labute approximate surface area is 204 Å². The van der Waals surface area contributed by atoms with Gasteiger partial charge in [0.25, 0.3) is 0 Å². The molecule has 1 aromatic rings. The van der Waals surface area contributed by atoms with Gasteiger partial charge in [0, 0.05) is 50.8 Å². The molecule has 1 aliphatic rings. The number of carbonyl (C=O) groups excluding carboxylic acids is 2. The molecule has 2 amide bonds. The van der Waals surface area contributed by atoms with Crippen LogP contribution in [0.4, 0.5) is 0 Å². The van der Waals surface area contributed by atoms with Gasteiger partial charge >= 0.3 is 0 Å². The van der Waals surface area contributed by atoms with Crippen LogP contribution in [-0.4, -0.2) is 100 Å². The van der Waals surface area contributed by atoms with Crippen molar-refractivity contribution >= 4 is 24.2 Å². The van der Waals surface area contributed by atoms with Gasteiger partial charge in [-0.05, 0) is 83.2 Å². The fourth-order valence-electron chi connectivity index (χ4n) is 3.54. The molecule has 0 unspecified atom stereocenters. The highest BCUT2D eigenvalue weighted by atomic mass is 16.2. The molecule has 34 heavy (non-hydrogen) atoms. The largest absolute Gasteiger partial charge is 0.353 e. The van der Waals surface area contributed by atoms with Gasteiger partial charge in [-0.2, -0.15) is 0 Å². The van der Waals surface area contributed by atoms with E-state index in [1.165, 1.54) is 12.2 Å². The maximum Gasteiger partial charge on any atom is 0.244 e. The summed E-state index contributed by atoms with van der Waals surface area (Å²) in [5.41, 5.74) is 2.18. The highest BCUT2D eigenvalue weighted by Crippen LogP contribution is 2.02. The van der Waals surface area contributed by atoms with E-state index in [2.05, 4.69) is 62.7 Å². The molecule has 1 aromatic carbocycles. The minimum atomic E-state index is -0.240. The van der Waals surface area contributed by atoms with Crippen molar-refractivity contribution in [2.45, 2.75) is 25.7 Å². The van der Waals surface area contributed by atoms with Crippen molar-refractivity contribution in [3.8, 4) is 0 Å². The molecule has 8 heteroatoms. The van der Waals surface area contributed by atoms with Crippen molar-refractivity contribution in [2.24, 2.45) is 9.98 Å². The summed E-state index contributed by atoms with van der Waals surface area (Å²) in [5.74, 6) is -0.480. The molecule has 186 valence electrons. The lowest BCUT2D eigenvalue weighted by Crippen LogP contribution is -2.29. The Morgan fingerprint density at radius 2 is 1.15 bits per heavy atom. The first-order valence-corrected chi connectivity index (χ1v) is 12.2. The van der Waals surface area contributed by atoms with E-state index in [4.69, 9.17) is 0 Å². The monoisotopic (exact) mass is 468 g/mol. The zero-order valence-electron chi connectivity index (χ0n) is 20.7. The quantitative estimate of drug-likeness (QED) is 0.607. The maximum absolute atomic E-state index is 11.9. The number of amides is 2. The van der Waals surface area contributed by atoms with Crippen LogP contribution >= 0.6 is 0 Å². The van der Waals surface area contributed by atoms with Crippen molar-refractivity contribution in [1.29, 1.82) is 0 Å². The Morgan fingerprint density at radius 1 is 0.706 bits per heavy atom. The molecule has 0 saturated carbocycles. The number of benzene rings is 1. The van der Waals surface area contributed by atoms with E-state index in [0.717, 1.165) is 76.1 Å². The lowest BCUT2D eigenvalue weighted by atomic mass is 10.1. The first kappa shape index (κ1) is 27.4. The standard InChI is InChI=1S/C26H40N6O2/c1-31-16-4-12-27-21-23-8-3-9-24(20-23)22-28-13-5-17-32(2)19-7-15-30-26(34)11-10-25(33)29-14-6-18-31/h3,8-11,20-22H,4-7,12-19H2,1-2H3,(H,29,33)(H,30,34). The number of aliphatic imine (C=N–C) groups is 2. The lowest BCUT2D eigenvalue weighted by molar-refractivity contribution is -0.118. The Bertz CT molecular complexity index is 773. The summed E-state index contributed by atoms with van der Waals surface area (Å²) in [5, 5.41) is 5.65. The summed E-state index contributed by atoms with van der Waals surface area (Å²) in [4.78, 5) is 37.4. The van der Waals surface area contributed by atoms with E-state index in [9.17, 15) is 9.59 Å². The van der Waals surface area contributed by atoms with Crippen LogP contribution in [0.3, 0.4) is 0 Å². The highest BCUT2D eigenvalue weighted by molar-refractivity contribution is 5.96. The summed E-state index contributed by atoms with van der Waals surface area (Å²) in [6.07, 6.45) is 10.1. The van der Waals surface area contributed by atoms with Gasteiger partial charge in [0.15, 0.2) is 0 Å². The van der Waals surface area contributed by atoms with Crippen LogP contribution in [0.15, 0.2) is 46.4 Å². The second-order valence-corrected chi connectivity index (χ2v) is 8.68. The van der Waals surface area contributed by atoms with Gasteiger partial charge in [-0.15, -0.1) is 0 Å². The first-order chi connectivity index (χ1) is 16.5. The molecule has 2 bridgehead atoms. The van der Waals surface area contributed by atoms with Crippen LogP contribution in [0.2, 0.25) is 0 Å². The Morgan fingerprint density at radius 3 is 1.62 bits per heavy atom. The average molecular weight is 469 g/mol. The lowest BCUT2D eigenvalue weighted by Gasteiger charge is -2.15. The fourth-order valence-corrected chi connectivity index (χ4v) is 3.54. The molecule has 0 radical (unpaired) electrons. The van der Waals surface area contributed by atoms with Crippen molar-refractivity contribution in [2.75, 3.05) is 66.5 Å². The third-order valence-electron chi connectivity index (χ3n) is 5.46. The molecule has 2 N–H and O–H groups in total. The Hall–Kier alpha value is -2.84. The molecule has 0 atom stereocenters. The van der Waals surface area contributed by atoms with Crippen LogP contribution in [-0.2, 0) is 9.59 Å². The minimum absolute atomic E-state index is 0.240. The number of carbonyl (C=O) groups is 2. The van der Waals surface area contributed by atoms with E-state index in [1.807, 2.05) is 18.5 Å². The van der Waals surface area contributed by atoms with Gasteiger partial charge in [0.2, 0.25) is 11.8 Å². The molecular formula is C26H40N6O2. The van der Waals surface area contributed by atoms with Crippen LogP contribution in [0, 0.1) is 0 Å². The SMILES string of the molecule is CN1CCCN=Cc2cccc(c2)C=NCCCN(C)CCCNC(=O)C=CC(=O)NCCC1. The predicted octanol–water partition coefficient (Wildman–Crippen LogP) is 1.75. The Kier molecular flexibility index (Phi) is 13.5. The molecule has 0 aliphatic carbocycles. The summed E-state index contributed by atoms with van der Waals surface area (Å²) in [6.45, 7) is 6.41. The molecule has 0 aromatic heterocycles. The number of fused-ring (bicyclic) bond motifs is 2. The molecule has 2 rings (SSSR count). The van der Waals surface area contributed by atoms with Crippen LogP contribution in [0.25, 0.3) is 0 Å². The molecule has 0 spiro atoms. The van der Waals surface area contributed by atoms with Crippen molar-refractivity contribution in [3.63, 3.8) is 0 Å². The third kappa shape index (κ3) is 13.0. The topological polar surface area (TPSA) is 89.4 Å². The smallest absolute Gasteiger partial charge is 0.244 e. The van der Waals surface area contributed by atoms with Crippen molar-refractivity contribution < 1.29 is 9.59 Å². The fraction of sp³-hybridized carbons (Fsp3) is 0.538. The summed E-state index contributed by atoms with van der Waals surface area (Å²) in [6, 6.07) is 8.26. The number of rotatable bonds is 0. The van der Waals surface area contributed by atoms with Gasteiger partial charge in [-0.25, -0.2) is 0 Å². The minimum Gasteiger partial charge on any atom is -0.353 e. The van der Waals surface area contributed by atoms with Gasteiger partial charge in [0.1, 0.15) is 0 Å². The van der Waals surface area contributed by atoms with Crippen molar-refractivity contribution in [3.05, 3.63) is 47.5 Å². The van der Waals surface area contributed by atoms with Crippen LogP contribution in [0.5, 0.6) is 0 Å². The van der Waals surface area contributed by atoms with Gasteiger partial charge in [-0.3, -0.25) is 19.6 Å². The zero-order chi connectivity index (χ0) is 24.4. The van der Waals surface area contributed by atoms with E-state index >= 15 is 0 Å². The predicted molar refractivity (Wildman–Crippen MR) is 140 cm³/mol. The summed E-state index contributed by atoms with van der Waals surface area (Å²) in [7, 11) is 4.15. The van der Waals surface area contributed by atoms with E-state index in [-0.39, 0.29) is 11.8 Å². The maximum atomic E-state index is 11.9. The Balaban J connectivity index is 1.88. The summed E-state index contributed by atoms with van der Waals surface area (Å²) >= 11 is 0. The van der Waals surface area contributed by atoms with Crippen molar-refractivity contribution in [1.82, 2.24) is 20.4 Å². The average Bonchev–Trinajstić information content (AvgIpc) is 2.82. The number of hydrogen-bond acceptors (Lipinski definition) is 6. The third-order valence-corrected chi connectivity index (χ3v) is 5.46. The highest BCUT2D eigenvalue weighted by Gasteiger charge is 2.02. The van der Waals surface area contributed by atoms with E-state index in [0.29, 0.717) is 13.1 Å². The van der Waals surface area contributed by atoms with E-state index < -0.39 is 0 Å². The number of nitrogens with zero attached hydrogens (tertiary/aromatic N) is 4. The molecular weight excluding hydrogens is 428 g/mol. The van der Waals surface area contributed by atoms with Gasteiger partial charge < -0.3 is 20.4 Å². The van der Waals surface area contributed by atoms with Gasteiger partial charge in [0.05, 0.1) is 0 Å². The molecule has 1 aliphatic heterocycles. The molecule has 0 saturated heterocycles. The van der Waals surface area contributed by atoms with Crippen LogP contribution < -0.4 is 10.6 Å². The normalized spacial score (nSPS) is 19.8. The second-order valence-electron chi connectivity index (χ2n) is 8.68. The molecule has 0 fully saturated rings. The zero-order valence-corrected chi connectivity index (χ0v) is 20.7. The molecule has 1 heterocycles. The van der Waals surface area contributed by atoms with E-state index in [1.54, 1.807) is 0 Å². The molecule has 8 nitrogen and oxygen atoms in total. The van der Waals surface area contributed by atoms with Gasteiger partial charge in [-0.1, -0.05) is 18.2 Å². The number of nitrogens with one attached hydrogen (secondary N) is 2. The van der Waals surface area contributed by atoms with Crippen LogP contribution in [0.1, 0.15) is 36.8 Å². The first-order valence-electron chi connectivity index (χ1n) is 12.2. The number of hydrogen-bond donors (Lipinski definition) is 2. The summed E-state index contributed by atoms with van der Waals surface area (Å²) < 4.78 is 0. The second kappa shape index (κ2) is 16.7.